The van der Waals surface area contributed by atoms with Crippen LogP contribution in [0.15, 0.2) is 16.7 Å². The smallest absolute Gasteiger partial charge is 0.414 e. The second-order valence-corrected chi connectivity index (χ2v) is 7.57. The van der Waals surface area contributed by atoms with Crippen molar-refractivity contribution >= 4 is 17.6 Å². The van der Waals surface area contributed by atoms with Crippen LogP contribution in [0.25, 0.3) is 11.1 Å². The van der Waals surface area contributed by atoms with Gasteiger partial charge in [-0.05, 0) is 46.8 Å². The summed E-state index contributed by atoms with van der Waals surface area (Å²) >= 11 is 0. The van der Waals surface area contributed by atoms with Crippen LogP contribution < -0.4 is 9.64 Å². The fourth-order valence-corrected chi connectivity index (χ4v) is 3.22. The predicted molar refractivity (Wildman–Crippen MR) is 100 cm³/mol. The summed E-state index contributed by atoms with van der Waals surface area (Å²) in [6.07, 6.45) is -0.244. The van der Waals surface area contributed by atoms with Crippen molar-refractivity contribution in [2.75, 3.05) is 18.6 Å². The normalized spacial score (nSPS) is 14.1. The summed E-state index contributed by atoms with van der Waals surface area (Å²) in [7, 11) is 1.54. The Bertz CT molecular complexity index is 888. The monoisotopic (exact) mass is 372 g/mol. The molecule has 1 aromatic heterocycles. The fourth-order valence-electron chi connectivity index (χ4n) is 3.22. The summed E-state index contributed by atoms with van der Waals surface area (Å²) in [5, 5.41) is 3.99. The van der Waals surface area contributed by atoms with Gasteiger partial charge in [-0.25, -0.2) is 4.79 Å². The van der Waals surface area contributed by atoms with Crippen molar-refractivity contribution in [2.24, 2.45) is 0 Å². The van der Waals surface area contributed by atoms with Crippen LogP contribution in [0, 0.1) is 13.8 Å². The molecule has 7 heteroatoms. The average Bonchev–Trinajstić information content (AvgIpc) is 2.91. The van der Waals surface area contributed by atoms with Gasteiger partial charge in [-0.3, -0.25) is 9.69 Å². The number of aryl methyl sites for hydroxylation is 2. The number of ketones is 1. The van der Waals surface area contributed by atoms with Crippen molar-refractivity contribution in [2.45, 2.75) is 46.6 Å². The van der Waals surface area contributed by atoms with E-state index in [1.807, 2.05) is 34.6 Å². The molecular weight excluding hydrogens is 348 g/mol. The van der Waals surface area contributed by atoms with Gasteiger partial charge in [0, 0.05) is 24.1 Å². The number of carbonyl (C=O) groups excluding carboxylic acids is 2. The van der Waals surface area contributed by atoms with Gasteiger partial charge in [0.15, 0.2) is 5.78 Å². The maximum Gasteiger partial charge on any atom is 0.414 e. The number of aromatic nitrogens is 1. The van der Waals surface area contributed by atoms with E-state index >= 15 is 0 Å². The van der Waals surface area contributed by atoms with Gasteiger partial charge in [-0.2, -0.15) is 0 Å². The molecular formula is C20H24N2O5. The van der Waals surface area contributed by atoms with E-state index in [9.17, 15) is 9.59 Å². The second-order valence-electron chi connectivity index (χ2n) is 7.57. The van der Waals surface area contributed by atoms with Crippen molar-refractivity contribution < 1.29 is 23.6 Å². The molecule has 1 aromatic carbocycles. The zero-order chi connectivity index (χ0) is 19.9. The van der Waals surface area contributed by atoms with Gasteiger partial charge in [0.2, 0.25) is 0 Å². The number of Topliss-reactive ketones (excluding diaryl/α,β-unsaturated/α-hetero) is 1. The van der Waals surface area contributed by atoms with Gasteiger partial charge < -0.3 is 14.0 Å². The first-order chi connectivity index (χ1) is 12.6. The number of fused-ring (bicyclic) bond motifs is 1. The number of amides is 1. The van der Waals surface area contributed by atoms with E-state index in [1.54, 1.807) is 19.2 Å². The largest absolute Gasteiger partial charge is 0.496 e. The molecule has 27 heavy (non-hydrogen) atoms. The topological polar surface area (TPSA) is 81.9 Å². The Morgan fingerprint density at radius 3 is 2.48 bits per heavy atom. The lowest BCUT2D eigenvalue weighted by Gasteiger charge is -2.31. The van der Waals surface area contributed by atoms with Crippen molar-refractivity contribution in [3.63, 3.8) is 0 Å². The van der Waals surface area contributed by atoms with Crippen molar-refractivity contribution in [1.82, 2.24) is 5.16 Å². The quantitative estimate of drug-likeness (QED) is 0.782. The number of methoxy groups -OCH3 is 1. The van der Waals surface area contributed by atoms with Crippen molar-refractivity contribution in [1.29, 1.82) is 0 Å². The highest BCUT2D eigenvalue weighted by Crippen LogP contribution is 2.41. The Morgan fingerprint density at radius 2 is 1.93 bits per heavy atom. The Balaban J connectivity index is 2.16. The first kappa shape index (κ1) is 18.9. The van der Waals surface area contributed by atoms with E-state index in [1.165, 1.54) is 4.90 Å². The molecule has 2 heterocycles. The summed E-state index contributed by atoms with van der Waals surface area (Å²) in [4.78, 5) is 26.7. The van der Waals surface area contributed by atoms with Crippen molar-refractivity contribution in [3.8, 4) is 16.9 Å². The van der Waals surface area contributed by atoms with Gasteiger partial charge in [0.25, 0.3) is 0 Å². The molecule has 0 spiro atoms. The molecule has 1 amide bonds. The molecule has 0 fully saturated rings. The average molecular weight is 372 g/mol. The van der Waals surface area contributed by atoms with E-state index in [4.69, 9.17) is 14.0 Å². The predicted octanol–water partition coefficient (Wildman–Crippen LogP) is 4.29. The van der Waals surface area contributed by atoms with E-state index < -0.39 is 11.7 Å². The van der Waals surface area contributed by atoms with Gasteiger partial charge >= 0.3 is 6.09 Å². The molecule has 2 aromatic rings. The highest BCUT2D eigenvalue weighted by Gasteiger charge is 2.32. The van der Waals surface area contributed by atoms with Crippen LogP contribution in [-0.4, -0.2) is 36.3 Å². The third-order valence-electron chi connectivity index (χ3n) is 4.39. The minimum absolute atomic E-state index is 0.0339. The molecule has 7 nitrogen and oxygen atoms in total. The van der Waals surface area contributed by atoms with Crippen LogP contribution in [0.4, 0.5) is 10.5 Å². The van der Waals surface area contributed by atoms with Gasteiger partial charge in [0.05, 0.1) is 24.1 Å². The number of benzene rings is 1. The number of hydrogen-bond donors (Lipinski definition) is 0. The zero-order valence-corrected chi connectivity index (χ0v) is 16.5. The second kappa shape index (κ2) is 6.72. The Labute approximate surface area is 158 Å². The van der Waals surface area contributed by atoms with E-state index in [0.29, 0.717) is 28.5 Å². The number of ether oxygens (including phenoxy) is 2. The maximum atomic E-state index is 12.7. The van der Waals surface area contributed by atoms with Gasteiger partial charge in [-0.1, -0.05) is 5.16 Å². The molecule has 0 unspecified atom stereocenters. The van der Waals surface area contributed by atoms with Crippen LogP contribution in [0.3, 0.4) is 0 Å². The lowest BCUT2D eigenvalue weighted by atomic mass is 9.94. The lowest BCUT2D eigenvalue weighted by molar-refractivity contribution is 0.0577. The molecule has 1 aliphatic heterocycles. The molecule has 0 radical (unpaired) electrons. The van der Waals surface area contributed by atoms with E-state index in [0.717, 1.165) is 11.1 Å². The van der Waals surface area contributed by atoms with Crippen LogP contribution in [0.2, 0.25) is 0 Å². The summed E-state index contributed by atoms with van der Waals surface area (Å²) in [5.41, 5.74) is 2.54. The van der Waals surface area contributed by atoms with Gasteiger partial charge in [-0.15, -0.1) is 0 Å². The summed E-state index contributed by atoms with van der Waals surface area (Å²) in [6, 6.07) is 3.46. The molecule has 144 valence electrons. The zero-order valence-electron chi connectivity index (χ0n) is 16.5. The van der Waals surface area contributed by atoms with Crippen LogP contribution in [0.1, 0.15) is 49.0 Å². The third kappa shape index (κ3) is 3.54. The summed E-state index contributed by atoms with van der Waals surface area (Å²) < 4.78 is 16.3. The number of hydrogen-bond acceptors (Lipinski definition) is 6. The number of anilines is 1. The fraction of sp³-hybridized carbons (Fsp3) is 0.450. The van der Waals surface area contributed by atoms with Crippen LogP contribution in [0.5, 0.6) is 5.75 Å². The first-order valence-corrected chi connectivity index (χ1v) is 8.81. The number of carbonyl (C=O) groups is 2. The summed E-state index contributed by atoms with van der Waals surface area (Å²) in [5.74, 6) is 1.13. The first-order valence-electron chi connectivity index (χ1n) is 8.81. The number of nitrogens with zero attached hydrogens (tertiary/aromatic N) is 2. The molecule has 1 aliphatic rings. The summed E-state index contributed by atoms with van der Waals surface area (Å²) in [6.45, 7) is 9.35. The van der Waals surface area contributed by atoms with Crippen LogP contribution >= 0.6 is 0 Å². The SMILES string of the molecule is COc1cc2c(cc1-c1c(C)noc1C)N(C(=O)OC(C)(C)C)CCC2=O. The molecule has 0 saturated carbocycles. The lowest BCUT2D eigenvalue weighted by Crippen LogP contribution is -2.41. The molecule has 0 atom stereocenters. The molecule has 3 rings (SSSR count). The maximum absolute atomic E-state index is 12.7. The van der Waals surface area contributed by atoms with E-state index in [2.05, 4.69) is 5.16 Å². The minimum atomic E-state index is -0.629. The molecule has 0 aliphatic carbocycles. The molecule has 0 bridgehead atoms. The molecule has 0 saturated heterocycles. The molecule has 0 N–H and O–H groups in total. The standard InChI is InChI=1S/C20H24N2O5/c1-11-18(12(2)27-21-11)14-9-15-13(10-17(14)25-6)16(23)7-8-22(15)19(24)26-20(3,4)5/h9-10H,7-8H2,1-6H3. The Hall–Kier alpha value is -2.83. The highest BCUT2D eigenvalue weighted by molar-refractivity contribution is 6.09. The Kier molecular flexibility index (Phi) is 4.71. The van der Waals surface area contributed by atoms with Gasteiger partial charge in [0.1, 0.15) is 17.1 Å². The Morgan fingerprint density at radius 1 is 1.22 bits per heavy atom. The highest BCUT2D eigenvalue weighted by atomic mass is 16.6. The van der Waals surface area contributed by atoms with Crippen LogP contribution in [-0.2, 0) is 4.74 Å². The number of rotatable bonds is 2. The van der Waals surface area contributed by atoms with E-state index in [-0.39, 0.29) is 18.7 Å². The third-order valence-corrected chi connectivity index (χ3v) is 4.39. The van der Waals surface area contributed by atoms with Crippen molar-refractivity contribution in [3.05, 3.63) is 29.2 Å². The minimum Gasteiger partial charge on any atom is -0.496 e.